The van der Waals surface area contributed by atoms with Crippen molar-refractivity contribution in [3.05, 3.63) is 57.6 Å². The van der Waals surface area contributed by atoms with E-state index < -0.39 is 0 Å². The summed E-state index contributed by atoms with van der Waals surface area (Å²) in [7, 11) is 0. The summed E-state index contributed by atoms with van der Waals surface area (Å²) in [5.74, 6) is 0.0253. The summed E-state index contributed by atoms with van der Waals surface area (Å²) in [6.45, 7) is 2.18. The Labute approximate surface area is 149 Å². The van der Waals surface area contributed by atoms with Gasteiger partial charge in [-0.2, -0.15) is 11.3 Å². The van der Waals surface area contributed by atoms with Crippen LogP contribution in [0.1, 0.15) is 28.1 Å². The molecule has 5 heteroatoms. The van der Waals surface area contributed by atoms with E-state index in [0.717, 1.165) is 41.0 Å². The number of hydrogen-bond acceptors (Lipinski definition) is 4. The largest absolute Gasteiger partial charge is 0.381 e. The molecule has 124 valence electrons. The number of hydrogen-bond donors (Lipinski definition) is 1. The van der Waals surface area contributed by atoms with E-state index in [1.165, 1.54) is 5.56 Å². The van der Waals surface area contributed by atoms with E-state index >= 15 is 0 Å². The van der Waals surface area contributed by atoms with Crippen molar-refractivity contribution < 1.29 is 9.53 Å². The van der Waals surface area contributed by atoms with Crippen LogP contribution >= 0.6 is 22.7 Å². The number of carbonyl (C=O) groups is 1. The zero-order valence-electron chi connectivity index (χ0n) is 13.3. The second-order valence-corrected chi connectivity index (χ2v) is 8.10. The number of thiophene rings is 2. The first-order valence-corrected chi connectivity index (χ1v) is 9.90. The molecule has 1 fully saturated rings. The van der Waals surface area contributed by atoms with Crippen molar-refractivity contribution >= 4 is 38.7 Å². The highest BCUT2D eigenvalue weighted by Gasteiger charge is 2.35. The Morgan fingerprint density at radius 1 is 1.21 bits per heavy atom. The first-order valence-electron chi connectivity index (χ1n) is 8.14. The van der Waals surface area contributed by atoms with Crippen LogP contribution in [0.4, 0.5) is 0 Å². The van der Waals surface area contributed by atoms with Crippen LogP contribution < -0.4 is 5.32 Å². The summed E-state index contributed by atoms with van der Waals surface area (Å²) in [4.78, 5) is 13.4. The molecule has 1 aromatic carbocycles. The molecule has 4 rings (SSSR count). The van der Waals surface area contributed by atoms with Crippen molar-refractivity contribution in [1.29, 1.82) is 0 Å². The Morgan fingerprint density at radius 2 is 2.04 bits per heavy atom. The lowest BCUT2D eigenvalue weighted by atomic mass is 9.75. The van der Waals surface area contributed by atoms with E-state index in [9.17, 15) is 4.79 Å². The Bertz CT molecular complexity index is 799. The van der Waals surface area contributed by atoms with Gasteiger partial charge in [-0.15, -0.1) is 11.3 Å². The van der Waals surface area contributed by atoms with E-state index in [1.54, 1.807) is 22.7 Å². The molecule has 0 bridgehead atoms. The molecular formula is C19H19NO2S2. The van der Waals surface area contributed by atoms with Crippen molar-refractivity contribution in [2.24, 2.45) is 0 Å². The van der Waals surface area contributed by atoms with Crippen LogP contribution in [0.3, 0.4) is 0 Å². The van der Waals surface area contributed by atoms with E-state index in [4.69, 9.17) is 4.74 Å². The molecule has 0 unspecified atom stereocenters. The molecule has 3 aromatic rings. The average Bonchev–Trinajstić information content (AvgIpc) is 3.30. The van der Waals surface area contributed by atoms with Crippen LogP contribution in [0.5, 0.6) is 0 Å². The summed E-state index contributed by atoms with van der Waals surface area (Å²) < 4.78 is 6.70. The zero-order valence-corrected chi connectivity index (χ0v) is 14.9. The average molecular weight is 358 g/mol. The quantitative estimate of drug-likeness (QED) is 0.749. The SMILES string of the molecule is O=C(NCC1(c2ccsc2)CCOCC1)c1cc2ccccc2s1. The fourth-order valence-corrected chi connectivity index (χ4v) is 5.08. The number of ether oxygens (including phenoxy) is 1. The molecule has 0 aliphatic carbocycles. The first-order chi connectivity index (χ1) is 11.8. The van der Waals surface area contributed by atoms with Crippen LogP contribution in [0.2, 0.25) is 0 Å². The lowest BCUT2D eigenvalue weighted by Gasteiger charge is -2.37. The second-order valence-electron chi connectivity index (χ2n) is 6.24. The number of carbonyl (C=O) groups excluding carboxylic acids is 1. The summed E-state index contributed by atoms with van der Waals surface area (Å²) in [6.07, 6.45) is 1.91. The Balaban J connectivity index is 1.52. The normalized spacial score (nSPS) is 17.0. The first kappa shape index (κ1) is 15.8. The standard InChI is InChI=1S/C19H19NO2S2/c21-18(17-11-14-3-1-2-4-16(14)24-17)20-13-19(6-8-22-9-7-19)15-5-10-23-12-15/h1-5,10-12H,6-9,13H2,(H,20,21). The molecule has 24 heavy (non-hydrogen) atoms. The highest BCUT2D eigenvalue weighted by Crippen LogP contribution is 2.35. The van der Waals surface area contributed by atoms with Gasteiger partial charge in [-0.05, 0) is 52.8 Å². The molecule has 1 saturated heterocycles. The highest BCUT2D eigenvalue weighted by atomic mass is 32.1. The molecule has 0 atom stereocenters. The van der Waals surface area contributed by atoms with Crippen molar-refractivity contribution in [2.75, 3.05) is 19.8 Å². The van der Waals surface area contributed by atoms with Gasteiger partial charge in [-0.25, -0.2) is 0 Å². The van der Waals surface area contributed by atoms with Crippen LogP contribution in [0, 0.1) is 0 Å². The predicted molar refractivity (Wildman–Crippen MR) is 100 cm³/mol. The number of benzene rings is 1. The van der Waals surface area contributed by atoms with Gasteiger partial charge >= 0.3 is 0 Å². The van der Waals surface area contributed by atoms with Crippen molar-refractivity contribution in [2.45, 2.75) is 18.3 Å². The van der Waals surface area contributed by atoms with Crippen molar-refractivity contribution in [3.8, 4) is 0 Å². The predicted octanol–water partition coefficient (Wildman–Crippen LogP) is 4.44. The molecule has 1 aliphatic heterocycles. The van der Waals surface area contributed by atoms with Gasteiger partial charge in [0.05, 0.1) is 4.88 Å². The lowest BCUT2D eigenvalue weighted by molar-refractivity contribution is 0.0489. The Kier molecular flexibility index (Phi) is 4.39. The minimum absolute atomic E-state index is 0.00456. The summed E-state index contributed by atoms with van der Waals surface area (Å²) in [6, 6.07) is 12.3. The monoisotopic (exact) mass is 357 g/mol. The fraction of sp³-hybridized carbons (Fsp3) is 0.316. The number of rotatable bonds is 4. The third-order valence-corrected chi connectivity index (χ3v) is 6.62. The molecule has 1 aliphatic rings. The smallest absolute Gasteiger partial charge is 0.261 e. The van der Waals surface area contributed by atoms with Gasteiger partial charge in [-0.3, -0.25) is 4.79 Å². The zero-order chi connectivity index (χ0) is 16.4. The van der Waals surface area contributed by atoms with Gasteiger partial charge in [0.25, 0.3) is 5.91 Å². The molecular weight excluding hydrogens is 338 g/mol. The Hall–Kier alpha value is -1.69. The second kappa shape index (κ2) is 6.67. The molecule has 1 amide bonds. The van der Waals surface area contributed by atoms with Gasteiger partial charge in [0.1, 0.15) is 0 Å². The number of nitrogens with one attached hydrogen (secondary N) is 1. The molecule has 1 N–H and O–H groups in total. The van der Waals surface area contributed by atoms with Crippen LogP contribution in [0.15, 0.2) is 47.2 Å². The Morgan fingerprint density at radius 3 is 2.79 bits per heavy atom. The minimum Gasteiger partial charge on any atom is -0.381 e. The third kappa shape index (κ3) is 2.99. The van der Waals surface area contributed by atoms with Gasteiger partial charge < -0.3 is 10.1 Å². The van der Waals surface area contributed by atoms with Gasteiger partial charge in [0.15, 0.2) is 0 Å². The molecule has 2 aromatic heterocycles. The highest BCUT2D eigenvalue weighted by molar-refractivity contribution is 7.20. The van der Waals surface area contributed by atoms with Gasteiger partial charge in [0, 0.05) is 29.9 Å². The maximum atomic E-state index is 12.6. The molecule has 0 spiro atoms. The van der Waals surface area contributed by atoms with Crippen molar-refractivity contribution in [1.82, 2.24) is 5.32 Å². The molecule has 0 radical (unpaired) electrons. The van der Waals surface area contributed by atoms with Gasteiger partial charge in [-0.1, -0.05) is 18.2 Å². The van der Waals surface area contributed by atoms with E-state index in [2.05, 4.69) is 28.2 Å². The van der Waals surface area contributed by atoms with E-state index in [-0.39, 0.29) is 11.3 Å². The molecule has 3 nitrogen and oxygen atoms in total. The maximum absolute atomic E-state index is 12.6. The number of fused-ring (bicyclic) bond motifs is 1. The van der Waals surface area contributed by atoms with Crippen molar-refractivity contribution in [3.63, 3.8) is 0 Å². The fourth-order valence-electron chi connectivity index (χ4n) is 3.33. The molecule has 3 heterocycles. The lowest BCUT2D eigenvalue weighted by Crippen LogP contribution is -2.44. The molecule has 0 saturated carbocycles. The van der Waals surface area contributed by atoms with Crippen LogP contribution in [-0.2, 0) is 10.2 Å². The summed E-state index contributed by atoms with van der Waals surface area (Å²) in [5.41, 5.74) is 1.33. The number of amides is 1. The summed E-state index contributed by atoms with van der Waals surface area (Å²) in [5, 5.41) is 8.63. The topological polar surface area (TPSA) is 38.3 Å². The van der Waals surface area contributed by atoms with E-state index in [0.29, 0.717) is 6.54 Å². The minimum atomic E-state index is 0.00456. The van der Waals surface area contributed by atoms with Crippen LogP contribution in [0.25, 0.3) is 10.1 Å². The maximum Gasteiger partial charge on any atom is 0.261 e. The van der Waals surface area contributed by atoms with E-state index in [1.807, 2.05) is 24.3 Å². The summed E-state index contributed by atoms with van der Waals surface area (Å²) >= 11 is 3.27. The van der Waals surface area contributed by atoms with Gasteiger partial charge in [0.2, 0.25) is 0 Å². The van der Waals surface area contributed by atoms with Crippen LogP contribution in [-0.4, -0.2) is 25.7 Å². The third-order valence-electron chi connectivity index (χ3n) is 4.82.